The minimum absolute atomic E-state index is 0.0289. The zero-order valence-corrected chi connectivity index (χ0v) is 21.0. The molecule has 0 radical (unpaired) electrons. The quantitative estimate of drug-likeness (QED) is 0.542. The average molecular weight is 485 g/mol. The minimum Gasteiger partial charge on any atom is -0.472 e. The molecule has 186 valence electrons. The van der Waals surface area contributed by atoms with E-state index in [9.17, 15) is 9.90 Å². The van der Waals surface area contributed by atoms with Gasteiger partial charge in [0.2, 0.25) is 5.88 Å². The first kappa shape index (κ1) is 25.4. The van der Waals surface area contributed by atoms with Gasteiger partial charge in [0.25, 0.3) is 5.91 Å². The summed E-state index contributed by atoms with van der Waals surface area (Å²) >= 11 is 0. The molecule has 0 fully saturated rings. The van der Waals surface area contributed by atoms with E-state index in [2.05, 4.69) is 52.8 Å². The van der Waals surface area contributed by atoms with Crippen LogP contribution in [0.2, 0.25) is 0 Å². The van der Waals surface area contributed by atoms with Crippen LogP contribution in [0.1, 0.15) is 40.9 Å². The van der Waals surface area contributed by atoms with E-state index in [-0.39, 0.29) is 30.6 Å². The van der Waals surface area contributed by atoms with Crippen molar-refractivity contribution in [1.82, 2.24) is 19.8 Å². The number of carbonyl (C=O) groups is 1. The number of rotatable bonds is 6. The van der Waals surface area contributed by atoms with Gasteiger partial charge in [-0.05, 0) is 37.7 Å². The van der Waals surface area contributed by atoms with Gasteiger partial charge >= 0.3 is 0 Å². The first-order valence-electron chi connectivity index (χ1n) is 12.2. The van der Waals surface area contributed by atoms with Gasteiger partial charge in [-0.15, -0.1) is 0 Å². The second kappa shape index (κ2) is 11.8. The van der Waals surface area contributed by atoms with Gasteiger partial charge in [-0.25, -0.2) is 4.98 Å². The topological polar surface area (TPSA) is 78.8 Å². The molecule has 0 bridgehead atoms. The largest absolute Gasteiger partial charge is 0.472 e. The predicted octanol–water partition coefficient (Wildman–Crippen LogP) is 3.23. The summed E-state index contributed by atoms with van der Waals surface area (Å²) in [5, 5.41) is 9.86. The minimum atomic E-state index is -0.335. The fourth-order valence-corrected chi connectivity index (χ4v) is 4.24. The van der Waals surface area contributed by atoms with E-state index in [1.165, 1.54) is 5.56 Å². The van der Waals surface area contributed by atoms with Crippen LogP contribution in [0.25, 0.3) is 0 Å². The number of aliphatic hydroxyl groups is 1. The normalized spacial score (nSPS) is 18.4. The molecule has 36 heavy (non-hydrogen) atoms. The lowest BCUT2D eigenvalue weighted by molar-refractivity contribution is 0.0325. The van der Waals surface area contributed by atoms with Crippen molar-refractivity contribution in [2.75, 3.05) is 26.7 Å². The second-order valence-electron chi connectivity index (χ2n) is 9.37. The number of aromatic nitrogens is 2. The molecule has 1 aliphatic heterocycles. The van der Waals surface area contributed by atoms with Crippen LogP contribution in [0.4, 0.5) is 0 Å². The van der Waals surface area contributed by atoms with Gasteiger partial charge in [0.1, 0.15) is 11.7 Å². The third-order valence-electron chi connectivity index (χ3n) is 6.32. The zero-order valence-electron chi connectivity index (χ0n) is 21.0. The molecule has 0 saturated heterocycles. The van der Waals surface area contributed by atoms with Crippen molar-refractivity contribution in [3.05, 3.63) is 89.4 Å². The van der Waals surface area contributed by atoms with Gasteiger partial charge in [-0.2, -0.15) is 0 Å². The first-order chi connectivity index (χ1) is 17.4. The molecule has 0 saturated carbocycles. The van der Waals surface area contributed by atoms with E-state index < -0.39 is 0 Å². The Labute approximate surface area is 212 Å². The smallest absolute Gasteiger partial charge is 0.259 e. The summed E-state index contributed by atoms with van der Waals surface area (Å²) < 4.78 is 6.39. The van der Waals surface area contributed by atoms with Gasteiger partial charge in [0.05, 0.1) is 12.6 Å². The van der Waals surface area contributed by atoms with Crippen LogP contribution in [-0.2, 0) is 6.54 Å². The summed E-state index contributed by atoms with van der Waals surface area (Å²) in [5.41, 5.74) is 2.96. The lowest BCUT2D eigenvalue weighted by atomic mass is 9.99. The van der Waals surface area contributed by atoms with Gasteiger partial charge < -0.3 is 14.7 Å². The molecule has 0 aliphatic carbocycles. The Morgan fingerprint density at radius 1 is 1.17 bits per heavy atom. The fourth-order valence-electron chi connectivity index (χ4n) is 4.24. The molecule has 1 aromatic carbocycles. The molecule has 3 aromatic rings. The van der Waals surface area contributed by atoms with Crippen LogP contribution in [0.5, 0.6) is 5.88 Å². The number of carbonyl (C=O) groups excluding carboxylic acids is 1. The van der Waals surface area contributed by atoms with Crippen LogP contribution < -0.4 is 4.74 Å². The SMILES string of the molecule is C[C@H]1CN([C@@H](C)CO)C(=O)c2cc(C#Cc3cccnc3)cnc2O[C@@H]1CN(C)Cc1ccccc1. The molecule has 3 atom stereocenters. The Hall–Kier alpha value is -3.73. The van der Waals surface area contributed by atoms with E-state index in [4.69, 9.17) is 4.74 Å². The first-order valence-corrected chi connectivity index (χ1v) is 12.2. The summed E-state index contributed by atoms with van der Waals surface area (Å²) in [5.74, 6) is 6.24. The molecular weight excluding hydrogens is 452 g/mol. The molecule has 1 amide bonds. The monoisotopic (exact) mass is 484 g/mol. The van der Waals surface area contributed by atoms with E-state index in [0.717, 1.165) is 12.1 Å². The lowest BCUT2D eigenvalue weighted by Crippen LogP contribution is -2.49. The highest BCUT2D eigenvalue weighted by Gasteiger charge is 2.34. The summed E-state index contributed by atoms with van der Waals surface area (Å²) in [4.78, 5) is 26.1. The number of hydrogen-bond acceptors (Lipinski definition) is 6. The fraction of sp³-hybridized carbons (Fsp3) is 0.345. The second-order valence-corrected chi connectivity index (χ2v) is 9.37. The van der Waals surface area contributed by atoms with Crippen molar-refractivity contribution in [3.8, 4) is 17.7 Å². The Morgan fingerprint density at radius 2 is 1.94 bits per heavy atom. The highest BCUT2D eigenvalue weighted by atomic mass is 16.5. The van der Waals surface area contributed by atoms with Crippen molar-refractivity contribution < 1.29 is 14.6 Å². The van der Waals surface area contributed by atoms with Gasteiger partial charge in [0.15, 0.2) is 0 Å². The van der Waals surface area contributed by atoms with E-state index in [1.54, 1.807) is 29.6 Å². The number of hydrogen-bond donors (Lipinski definition) is 1. The number of ether oxygens (including phenoxy) is 1. The Morgan fingerprint density at radius 3 is 2.67 bits per heavy atom. The highest BCUT2D eigenvalue weighted by Crippen LogP contribution is 2.27. The van der Waals surface area contributed by atoms with Crippen molar-refractivity contribution in [2.24, 2.45) is 5.92 Å². The number of aliphatic hydroxyl groups excluding tert-OH is 1. The number of fused-ring (bicyclic) bond motifs is 1. The van der Waals surface area contributed by atoms with E-state index in [0.29, 0.717) is 30.1 Å². The van der Waals surface area contributed by atoms with Gasteiger partial charge in [0, 0.05) is 55.3 Å². The Kier molecular flexibility index (Phi) is 8.32. The molecule has 3 heterocycles. The molecule has 1 aliphatic rings. The van der Waals surface area contributed by atoms with Crippen molar-refractivity contribution in [2.45, 2.75) is 32.5 Å². The van der Waals surface area contributed by atoms with E-state index in [1.807, 2.05) is 37.3 Å². The molecule has 2 aromatic heterocycles. The summed E-state index contributed by atoms with van der Waals surface area (Å²) in [6.07, 6.45) is 4.82. The molecule has 0 unspecified atom stereocenters. The molecule has 1 N–H and O–H groups in total. The summed E-state index contributed by atoms with van der Waals surface area (Å²) in [6, 6.07) is 15.4. The number of likely N-dealkylation sites (N-methyl/N-ethyl adjacent to an activating group) is 1. The highest BCUT2D eigenvalue weighted by molar-refractivity contribution is 5.97. The van der Waals surface area contributed by atoms with Crippen molar-refractivity contribution in [3.63, 3.8) is 0 Å². The lowest BCUT2D eigenvalue weighted by Gasteiger charge is -2.37. The maximum absolute atomic E-state index is 13.6. The number of nitrogens with zero attached hydrogens (tertiary/aromatic N) is 4. The third-order valence-corrected chi connectivity index (χ3v) is 6.32. The summed E-state index contributed by atoms with van der Waals surface area (Å²) in [6.45, 7) is 5.71. The zero-order chi connectivity index (χ0) is 25.5. The molecule has 0 spiro atoms. The molecule has 4 rings (SSSR count). The number of pyridine rings is 2. The van der Waals surface area contributed by atoms with Gasteiger partial charge in [-0.3, -0.25) is 14.7 Å². The standard InChI is InChI=1S/C29H32N4O3/c1-21-17-33(22(2)20-34)29(35)26-14-25(12-11-23-10-7-13-30-15-23)16-31-28(26)36-27(21)19-32(3)18-24-8-5-4-6-9-24/h4-10,13-16,21-22,27,34H,17-20H2,1-3H3/t21-,22-,27+/m0/s1. The van der Waals surface area contributed by atoms with Crippen LogP contribution in [0, 0.1) is 17.8 Å². The molecular formula is C29H32N4O3. The summed E-state index contributed by atoms with van der Waals surface area (Å²) in [7, 11) is 2.06. The van der Waals surface area contributed by atoms with Crippen LogP contribution in [0.3, 0.4) is 0 Å². The maximum Gasteiger partial charge on any atom is 0.259 e. The average Bonchev–Trinajstić information content (AvgIpc) is 2.90. The Bertz CT molecular complexity index is 1220. The number of amides is 1. The Balaban J connectivity index is 1.63. The molecule has 7 nitrogen and oxygen atoms in total. The van der Waals surface area contributed by atoms with Gasteiger partial charge in [-0.1, -0.05) is 49.1 Å². The number of benzene rings is 1. The van der Waals surface area contributed by atoms with Crippen LogP contribution in [-0.4, -0.2) is 69.7 Å². The molecule has 7 heteroatoms. The van der Waals surface area contributed by atoms with Crippen molar-refractivity contribution in [1.29, 1.82) is 0 Å². The maximum atomic E-state index is 13.6. The van der Waals surface area contributed by atoms with E-state index >= 15 is 0 Å². The van der Waals surface area contributed by atoms with Crippen LogP contribution >= 0.6 is 0 Å². The van der Waals surface area contributed by atoms with Crippen molar-refractivity contribution >= 4 is 5.91 Å². The third kappa shape index (κ3) is 6.28. The predicted molar refractivity (Wildman–Crippen MR) is 138 cm³/mol. The van der Waals surface area contributed by atoms with Crippen LogP contribution in [0.15, 0.2) is 67.1 Å².